The zero-order valence-electron chi connectivity index (χ0n) is 13.4. The Labute approximate surface area is 127 Å². The average molecular weight is 293 g/mol. The van der Waals surface area contributed by atoms with Crippen LogP contribution in [0.2, 0.25) is 0 Å². The van der Waals surface area contributed by atoms with Crippen LogP contribution in [0, 0.1) is 0 Å². The van der Waals surface area contributed by atoms with E-state index in [1.807, 2.05) is 38.4 Å². The maximum atomic E-state index is 11.7. The molecule has 0 saturated heterocycles. The maximum absolute atomic E-state index is 11.7. The number of aliphatic hydroxyl groups is 1. The Hall–Kier alpha value is -1.59. The summed E-state index contributed by atoms with van der Waals surface area (Å²) in [4.78, 5) is 13.8. The van der Waals surface area contributed by atoms with Crippen LogP contribution in [-0.2, 0) is 13.0 Å². The van der Waals surface area contributed by atoms with Crippen LogP contribution < -0.4 is 10.6 Å². The summed E-state index contributed by atoms with van der Waals surface area (Å²) in [7, 11) is 3.99. The molecule has 0 heterocycles. The van der Waals surface area contributed by atoms with Gasteiger partial charge in [-0.2, -0.15) is 0 Å². The first kappa shape index (κ1) is 17.5. The van der Waals surface area contributed by atoms with Crippen LogP contribution in [0.4, 0.5) is 4.79 Å². The smallest absolute Gasteiger partial charge is 0.314 e. The minimum absolute atomic E-state index is 0.0581. The molecule has 1 aromatic rings. The van der Waals surface area contributed by atoms with Crippen molar-refractivity contribution in [1.29, 1.82) is 0 Å². The number of hydrogen-bond acceptors (Lipinski definition) is 3. The van der Waals surface area contributed by atoms with Crippen molar-refractivity contribution in [2.24, 2.45) is 0 Å². The van der Waals surface area contributed by atoms with Crippen molar-refractivity contribution in [2.45, 2.75) is 32.4 Å². The number of benzene rings is 1. The van der Waals surface area contributed by atoms with Gasteiger partial charge < -0.3 is 20.6 Å². The second-order valence-corrected chi connectivity index (χ2v) is 6.04. The molecule has 1 aromatic carbocycles. The van der Waals surface area contributed by atoms with Crippen LogP contribution in [0.5, 0.6) is 0 Å². The fraction of sp³-hybridized carbons (Fsp3) is 0.562. The normalized spacial score (nSPS) is 11.5. The molecule has 3 N–H and O–H groups in total. The predicted molar refractivity (Wildman–Crippen MR) is 85.2 cm³/mol. The lowest BCUT2D eigenvalue weighted by molar-refractivity contribution is 0.186. The molecule has 118 valence electrons. The summed E-state index contributed by atoms with van der Waals surface area (Å²) in [6.45, 7) is 5.40. The first-order valence-corrected chi connectivity index (χ1v) is 7.23. The van der Waals surface area contributed by atoms with E-state index in [1.54, 1.807) is 0 Å². The molecular weight excluding hydrogens is 266 g/mol. The van der Waals surface area contributed by atoms with Crippen LogP contribution in [0.15, 0.2) is 24.3 Å². The molecule has 0 aromatic heterocycles. The molecule has 0 unspecified atom stereocenters. The average Bonchev–Trinajstić information content (AvgIpc) is 2.46. The van der Waals surface area contributed by atoms with Gasteiger partial charge in [-0.3, -0.25) is 0 Å². The highest BCUT2D eigenvalue weighted by atomic mass is 16.3. The number of amides is 2. The third-order valence-electron chi connectivity index (χ3n) is 3.80. The molecule has 0 aliphatic rings. The van der Waals surface area contributed by atoms with Gasteiger partial charge in [0.05, 0.1) is 6.61 Å². The summed E-state index contributed by atoms with van der Waals surface area (Å²) in [6.07, 6.45) is 0.774. The van der Waals surface area contributed by atoms with Crippen molar-refractivity contribution in [3.05, 3.63) is 35.4 Å². The zero-order chi connectivity index (χ0) is 15.9. The van der Waals surface area contributed by atoms with Crippen molar-refractivity contribution < 1.29 is 9.90 Å². The van der Waals surface area contributed by atoms with Crippen LogP contribution in [0.3, 0.4) is 0 Å². The van der Waals surface area contributed by atoms with E-state index < -0.39 is 0 Å². The van der Waals surface area contributed by atoms with Crippen LogP contribution in [0.1, 0.15) is 25.0 Å². The number of hydrogen-bond donors (Lipinski definition) is 3. The van der Waals surface area contributed by atoms with Gasteiger partial charge in [0, 0.05) is 18.6 Å². The molecule has 0 aliphatic heterocycles. The van der Waals surface area contributed by atoms with Gasteiger partial charge >= 0.3 is 6.03 Å². The minimum Gasteiger partial charge on any atom is -0.392 e. The fourth-order valence-electron chi connectivity index (χ4n) is 1.65. The maximum Gasteiger partial charge on any atom is 0.314 e. The summed E-state index contributed by atoms with van der Waals surface area (Å²) < 4.78 is 0. The molecule has 5 nitrogen and oxygen atoms in total. The SMILES string of the molecule is CN(C)C(C)(C)CNC(=O)NCCc1ccc(CO)cc1. The van der Waals surface area contributed by atoms with Crippen molar-refractivity contribution in [2.75, 3.05) is 27.2 Å². The van der Waals surface area contributed by atoms with Gasteiger partial charge in [-0.15, -0.1) is 0 Å². The summed E-state index contributed by atoms with van der Waals surface area (Å²) in [6, 6.07) is 7.60. The van der Waals surface area contributed by atoms with Crippen LogP contribution in [0.25, 0.3) is 0 Å². The predicted octanol–water partition coefficient (Wildman–Crippen LogP) is 1.36. The Bertz CT molecular complexity index is 441. The largest absolute Gasteiger partial charge is 0.392 e. The van der Waals surface area contributed by atoms with Crippen molar-refractivity contribution >= 4 is 6.03 Å². The summed E-state index contributed by atoms with van der Waals surface area (Å²) in [5.74, 6) is 0. The summed E-state index contributed by atoms with van der Waals surface area (Å²) in [5, 5.41) is 14.7. The highest BCUT2D eigenvalue weighted by Crippen LogP contribution is 2.07. The summed E-state index contributed by atoms with van der Waals surface area (Å²) >= 11 is 0. The van der Waals surface area contributed by atoms with E-state index in [9.17, 15) is 4.79 Å². The van der Waals surface area contributed by atoms with Gasteiger partial charge in [-0.25, -0.2) is 4.79 Å². The Morgan fingerprint density at radius 2 is 1.71 bits per heavy atom. The van der Waals surface area contributed by atoms with E-state index in [0.717, 1.165) is 17.5 Å². The van der Waals surface area contributed by atoms with Crippen LogP contribution in [-0.4, -0.2) is 48.8 Å². The number of carbonyl (C=O) groups excluding carboxylic acids is 1. The lowest BCUT2D eigenvalue weighted by Gasteiger charge is -2.32. The highest BCUT2D eigenvalue weighted by molar-refractivity contribution is 5.73. The molecule has 5 heteroatoms. The molecule has 1 rings (SSSR count). The van der Waals surface area contributed by atoms with E-state index in [0.29, 0.717) is 13.1 Å². The zero-order valence-corrected chi connectivity index (χ0v) is 13.4. The monoisotopic (exact) mass is 293 g/mol. The van der Waals surface area contributed by atoms with E-state index in [1.165, 1.54) is 0 Å². The Kier molecular flexibility index (Phi) is 6.65. The molecule has 0 spiro atoms. The van der Waals surface area contributed by atoms with Gasteiger partial charge in [0.2, 0.25) is 0 Å². The number of rotatable bonds is 7. The summed E-state index contributed by atoms with van der Waals surface area (Å²) in [5.41, 5.74) is 1.97. The fourth-order valence-corrected chi connectivity index (χ4v) is 1.65. The molecule has 0 aliphatic carbocycles. The molecular formula is C16H27N3O2. The Morgan fingerprint density at radius 3 is 2.24 bits per heavy atom. The Balaban J connectivity index is 2.27. The molecule has 0 radical (unpaired) electrons. The molecule has 21 heavy (non-hydrogen) atoms. The molecule has 0 atom stereocenters. The third kappa shape index (κ3) is 6.14. The highest BCUT2D eigenvalue weighted by Gasteiger charge is 2.20. The number of nitrogens with one attached hydrogen (secondary N) is 2. The van der Waals surface area contributed by atoms with Gasteiger partial charge in [-0.05, 0) is 45.5 Å². The lowest BCUT2D eigenvalue weighted by atomic mass is 10.1. The molecule has 2 amide bonds. The number of likely N-dealkylation sites (N-methyl/N-ethyl adjacent to an activating group) is 1. The van der Waals surface area contributed by atoms with Gasteiger partial charge in [-0.1, -0.05) is 24.3 Å². The number of nitrogens with zero attached hydrogens (tertiary/aromatic N) is 1. The van der Waals surface area contributed by atoms with Crippen molar-refractivity contribution in [3.63, 3.8) is 0 Å². The number of urea groups is 1. The second-order valence-electron chi connectivity index (χ2n) is 6.04. The quantitative estimate of drug-likeness (QED) is 0.711. The topological polar surface area (TPSA) is 64.6 Å². The van der Waals surface area contributed by atoms with Gasteiger partial charge in [0.25, 0.3) is 0 Å². The Morgan fingerprint density at radius 1 is 1.14 bits per heavy atom. The first-order chi connectivity index (χ1) is 9.85. The minimum atomic E-state index is -0.142. The van der Waals surface area contributed by atoms with Gasteiger partial charge in [0.1, 0.15) is 0 Å². The first-order valence-electron chi connectivity index (χ1n) is 7.23. The lowest BCUT2D eigenvalue weighted by Crippen LogP contribution is -2.50. The number of aliphatic hydroxyl groups excluding tert-OH is 1. The second kappa shape index (κ2) is 8.00. The standard InChI is InChI=1S/C16H27N3O2/c1-16(2,19(3)4)12-18-15(21)17-10-9-13-5-7-14(11-20)8-6-13/h5-8,20H,9-12H2,1-4H3,(H2,17,18,21). The van der Waals surface area contributed by atoms with Crippen molar-refractivity contribution in [3.8, 4) is 0 Å². The van der Waals surface area contributed by atoms with E-state index in [-0.39, 0.29) is 18.2 Å². The van der Waals surface area contributed by atoms with E-state index in [4.69, 9.17) is 5.11 Å². The molecule has 0 saturated carbocycles. The molecule has 0 bridgehead atoms. The number of carbonyl (C=O) groups is 1. The van der Waals surface area contributed by atoms with Gasteiger partial charge in [0.15, 0.2) is 0 Å². The third-order valence-corrected chi connectivity index (χ3v) is 3.80. The molecule has 0 fully saturated rings. The van der Waals surface area contributed by atoms with E-state index >= 15 is 0 Å². The van der Waals surface area contributed by atoms with Crippen LogP contribution >= 0.6 is 0 Å². The van der Waals surface area contributed by atoms with E-state index in [2.05, 4.69) is 29.4 Å². The van der Waals surface area contributed by atoms with Crippen molar-refractivity contribution in [1.82, 2.24) is 15.5 Å².